The van der Waals surface area contributed by atoms with Gasteiger partial charge in [-0.05, 0) is 38.0 Å². The lowest BCUT2D eigenvalue weighted by Crippen LogP contribution is -2.28. The summed E-state index contributed by atoms with van der Waals surface area (Å²) < 4.78 is 11.1. The van der Waals surface area contributed by atoms with Crippen LogP contribution >= 0.6 is 0 Å². The van der Waals surface area contributed by atoms with Gasteiger partial charge in [-0.1, -0.05) is 6.92 Å². The van der Waals surface area contributed by atoms with E-state index in [0.29, 0.717) is 17.0 Å². The molecule has 1 amide bonds. The predicted octanol–water partition coefficient (Wildman–Crippen LogP) is 2.26. The molecule has 1 aromatic rings. The van der Waals surface area contributed by atoms with Crippen LogP contribution in [-0.2, 0) is 9.53 Å². The van der Waals surface area contributed by atoms with Gasteiger partial charge in [0.15, 0.2) is 12.4 Å². The second kappa shape index (κ2) is 5.15. The van der Waals surface area contributed by atoms with Crippen molar-refractivity contribution < 1.29 is 19.1 Å². The van der Waals surface area contributed by atoms with Crippen LogP contribution in [0.25, 0.3) is 0 Å². The van der Waals surface area contributed by atoms with Crippen LogP contribution < -0.4 is 10.1 Å². The SMILES string of the molecule is CC1OC(C)C(C(=O)c2ccc3c(c2)NC(=O)CO3)C1C. The molecule has 4 atom stereocenters. The van der Waals surface area contributed by atoms with Gasteiger partial charge in [-0.3, -0.25) is 9.59 Å². The number of ketones is 1. The van der Waals surface area contributed by atoms with Crippen LogP contribution in [-0.4, -0.2) is 30.5 Å². The Bertz CT molecular complexity index is 598. The largest absolute Gasteiger partial charge is 0.482 e. The molecule has 3 rings (SSSR count). The molecule has 2 aliphatic rings. The third kappa shape index (κ3) is 2.42. The molecule has 0 spiro atoms. The Hall–Kier alpha value is -1.88. The van der Waals surface area contributed by atoms with E-state index in [1.54, 1.807) is 18.2 Å². The fourth-order valence-electron chi connectivity index (χ4n) is 3.15. The maximum Gasteiger partial charge on any atom is 0.262 e. The summed E-state index contributed by atoms with van der Waals surface area (Å²) in [5.74, 6) is 0.476. The van der Waals surface area contributed by atoms with Crippen molar-refractivity contribution in [3.8, 4) is 5.75 Å². The van der Waals surface area contributed by atoms with Crippen molar-refractivity contribution in [2.24, 2.45) is 11.8 Å². The first-order chi connectivity index (χ1) is 9.97. The quantitative estimate of drug-likeness (QED) is 0.848. The summed E-state index contributed by atoms with van der Waals surface area (Å²) in [5, 5.41) is 2.73. The van der Waals surface area contributed by atoms with E-state index < -0.39 is 0 Å². The van der Waals surface area contributed by atoms with E-state index in [0.717, 1.165) is 0 Å². The number of carbonyl (C=O) groups excluding carboxylic acids is 2. The monoisotopic (exact) mass is 289 g/mol. The van der Waals surface area contributed by atoms with Gasteiger partial charge in [-0.25, -0.2) is 0 Å². The summed E-state index contributed by atoms with van der Waals surface area (Å²) in [6.07, 6.45) is -0.0148. The number of anilines is 1. The second-order valence-corrected chi connectivity index (χ2v) is 5.84. The molecule has 2 aliphatic heterocycles. The maximum atomic E-state index is 12.7. The Balaban J connectivity index is 1.89. The van der Waals surface area contributed by atoms with E-state index in [4.69, 9.17) is 9.47 Å². The normalized spacial score (nSPS) is 31.3. The molecule has 0 radical (unpaired) electrons. The number of rotatable bonds is 2. The lowest BCUT2D eigenvalue weighted by molar-refractivity contribution is -0.118. The van der Waals surface area contributed by atoms with Gasteiger partial charge in [0.2, 0.25) is 0 Å². The average Bonchev–Trinajstić information content (AvgIpc) is 2.70. The Kier molecular flexibility index (Phi) is 3.45. The van der Waals surface area contributed by atoms with Crippen molar-refractivity contribution in [2.45, 2.75) is 33.0 Å². The topological polar surface area (TPSA) is 64.6 Å². The molecule has 1 saturated heterocycles. The van der Waals surface area contributed by atoms with Crippen LogP contribution in [0.2, 0.25) is 0 Å². The van der Waals surface area contributed by atoms with Gasteiger partial charge in [-0.2, -0.15) is 0 Å². The first-order valence-corrected chi connectivity index (χ1v) is 7.23. The summed E-state index contributed by atoms with van der Waals surface area (Å²) in [4.78, 5) is 24.1. The number of hydrogen-bond donors (Lipinski definition) is 1. The molecule has 1 N–H and O–H groups in total. The molecule has 0 bridgehead atoms. The summed E-state index contributed by atoms with van der Waals surface area (Å²) in [6, 6.07) is 5.18. The van der Waals surface area contributed by atoms with Gasteiger partial charge < -0.3 is 14.8 Å². The summed E-state index contributed by atoms with van der Waals surface area (Å²) in [6.45, 7) is 5.99. The zero-order valence-electron chi connectivity index (χ0n) is 12.4. The van der Waals surface area contributed by atoms with Crippen LogP contribution in [0.1, 0.15) is 31.1 Å². The van der Waals surface area contributed by atoms with E-state index in [9.17, 15) is 9.59 Å². The van der Waals surface area contributed by atoms with Gasteiger partial charge in [0.1, 0.15) is 5.75 Å². The van der Waals surface area contributed by atoms with Gasteiger partial charge in [0, 0.05) is 5.56 Å². The first kappa shape index (κ1) is 14.1. The number of hydrogen-bond acceptors (Lipinski definition) is 4. The number of Topliss-reactive ketones (excluding diaryl/α,β-unsaturated/α-hetero) is 1. The third-order valence-corrected chi connectivity index (χ3v) is 4.44. The summed E-state index contributed by atoms with van der Waals surface area (Å²) >= 11 is 0. The molecule has 4 unspecified atom stereocenters. The number of nitrogens with one attached hydrogen (secondary N) is 1. The number of carbonyl (C=O) groups is 2. The van der Waals surface area contributed by atoms with Crippen LogP contribution in [0, 0.1) is 11.8 Å². The highest BCUT2D eigenvalue weighted by atomic mass is 16.5. The first-order valence-electron chi connectivity index (χ1n) is 7.23. The molecule has 2 heterocycles. The Morgan fingerprint density at radius 1 is 1.24 bits per heavy atom. The average molecular weight is 289 g/mol. The van der Waals surface area contributed by atoms with Crippen LogP contribution in [0.3, 0.4) is 0 Å². The molecule has 1 aromatic carbocycles. The van der Waals surface area contributed by atoms with E-state index in [1.807, 2.05) is 20.8 Å². The minimum absolute atomic E-state index is 0.0162. The van der Waals surface area contributed by atoms with E-state index in [-0.39, 0.29) is 42.3 Å². The van der Waals surface area contributed by atoms with Gasteiger partial charge in [0.25, 0.3) is 5.91 Å². The van der Waals surface area contributed by atoms with Crippen molar-refractivity contribution in [3.63, 3.8) is 0 Å². The zero-order chi connectivity index (χ0) is 15.1. The molecule has 112 valence electrons. The molecule has 0 aliphatic carbocycles. The van der Waals surface area contributed by atoms with E-state index >= 15 is 0 Å². The fraction of sp³-hybridized carbons (Fsp3) is 0.500. The highest BCUT2D eigenvalue weighted by Crippen LogP contribution is 2.36. The van der Waals surface area contributed by atoms with Crippen molar-refractivity contribution in [1.29, 1.82) is 0 Å². The molecular formula is C16H19NO4. The predicted molar refractivity (Wildman–Crippen MR) is 77.6 cm³/mol. The molecule has 21 heavy (non-hydrogen) atoms. The lowest BCUT2D eigenvalue weighted by Gasteiger charge is -2.20. The van der Waals surface area contributed by atoms with Crippen molar-refractivity contribution >= 4 is 17.4 Å². The summed E-state index contributed by atoms with van der Waals surface area (Å²) in [5.41, 5.74) is 1.14. The molecule has 1 fully saturated rings. The van der Waals surface area contributed by atoms with Crippen LogP contribution in [0.4, 0.5) is 5.69 Å². The van der Waals surface area contributed by atoms with Gasteiger partial charge in [0.05, 0.1) is 23.8 Å². The number of ether oxygens (including phenoxy) is 2. The standard InChI is InChI=1S/C16H19NO4/c1-8-9(2)21-10(3)15(8)16(19)11-4-5-13-12(6-11)17-14(18)7-20-13/h4-6,8-10,15H,7H2,1-3H3,(H,17,18). The molecule has 0 aromatic heterocycles. The number of amides is 1. The van der Waals surface area contributed by atoms with E-state index in [1.165, 1.54) is 0 Å². The Labute approximate surface area is 123 Å². The van der Waals surface area contributed by atoms with E-state index in [2.05, 4.69) is 5.32 Å². The third-order valence-electron chi connectivity index (χ3n) is 4.44. The van der Waals surface area contributed by atoms with Crippen LogP contribution in [0.5, 0.6) is 5.75 Å². The summed E-state index contributed by atoms with van der Waals surface area (Å²) in [7, 11) is 0. The van der Waals surface area contributed by atoms with Crippen molar-refractivity contribution in [3.05, 3.63) is 23.8 Å². The smallest absolute Gasteiger partial charge is 0.262 e. The number of benzene rings is 1. The molecule has 5 nitrogen and oxygen atoms in total. The minimum atomic E-state index is -0.202. The van der Waals surface area contributed by atoms with Crippen molar-refractivity contribution in [2.75, 3.05) is 11.9 Å². The molecular weight excluding hydrogens is 270 g/mol. The van der Waals surface area contributed by atoms with Gasteiger partial charge >= 0.3 is 0 Å². The Morgan fingerprint density at radius 2 is 2.00 bits per heavy atom. The second-order valence-electron chi connectivity index (χ2n) is 5.84. The lowest BCUT2D eigenvalue weighted by atomic mass is 9.83. The van der Waals surface area contributed by atoms with Crippen molar-refractivity contribution in [1.82, 2.24) is 0 Å². The maximum absolute atomic E-state index is 12.7. The van der Waals surface area contributed by atoms with Gasteiger partial charge in [-0.15, -0.1) is 0 Å². The highest BCUT2D eigenvalue weighted by molar-refractivity contribution is 6.02. The Morgan fingerprint density at radius 3 is 2.67 bits per heavy atom. The minimum Gasteiger partial charge on any atom is -0.482 e. The van der Waals surface area contributed by atoms with Crippen LogP contribution in [0.15, 0.2) is 18.2 Å². The molecule has 0 saturated carbocycles. The zero-order valence-corrected chi connectivity index (χ0v) is 12.4. The fourth-order valence-corrected chi connectivity index (χ4v) is 3.15. The number of fused-ring (bicyclic) bond motifs is 1. The highest BCUT2D eigenvalue weighted by Gasteiger charge is 2.41. The molecule has 5 heteroatoms.